The Balaban J connectivity index is 2.12. The van der Waals surface area contributed by atoms with Gasteiger partial charge in [0.25, 0.3) is 5.91 Å². The number of carbonyl (C=O) groups is 1. The Labute approximate surface area is 115 Å². The SMILES string of the molecule is C=CCNC(=O)c1sc(N2CC(O)C(O)C2)cc1N. The van der Waals surface area contributed by atoms with Crippen LogP contribution in [0.1, 0.15) is 9.67 Å². The van der Waals surface area contributed by atoms with E-state index < -0.39 is 12.2 Å². The predicted octanol–water partition coefficient (Wildman–Crippen LogP) is -0.212. The summed E-state index contributed by atoms with van der Waals surface area (Å²) >= 11 is 1.25. The first-order valence-electron chi connectivity index (χ1n) is 5.92. The van der Waals surface area contributed by atoms with Crippen LogP contribution in [0.15, 0.2) is 18.7 Å². The first-order valence-corrected chi connectivity index (χ1v) is 6.74. The number of nitrogens with zero attached hydrogens (tertiary/aromatic N) is 1. The summed E-state index contributed by atoms with van der Waals surface area (Å²) in [6, 6.07) is 1.69. The van der Waals surface area contributed by atoms with Crippen molar-refractivity contribution in [2.45, 2.75) is 12.2 Å². The smallest absolute Gasteiger partial charge is 0.263 e. The van der Waals surface area contributed by atoms with Crippen LogP contribution in [-0.4, -0.2) is 48.0 Å². The summed E-state index contributed by atoms with van der Waals surface area (Å²) in [7, 11) is 0. The number of nitrogens with two attached hydrogens (primary N) is 1. The highest BCUT2D eigenvalue weighted by molar-refractivity contribution is 7.18. The van der Waals surface area contributed by atoms with Crippen molar-refractivity contribution in [2.24, 2.45) is 0 Å². The second kappa shape index (κ2) is 5.60. The summed E-state index contributed by atoms with van der Waals surface area (Å²) in [6.07, 6.45) is 0.0678. The van der Waals surface area contributed by atoms with Crippen molar-refractivity contribution in [1.29, 1.82) is 0 Å². The van der Waals surface area contributed by atoms with E-state index >= 15 is 0 Å². The van der Waals surface area contributed by atoms with E-state index in [0.29, 0.717) is 30.2 Å². The normalized spacial score (nSPS) is 22.5. The monoisotopic (exact) mass is 283 g/mol. The molecule has 1 aromatic rings. The van der Waals surface area contributed by atoms with Crippen LogP contribution in [0.25, 0.3) is 0 Å². The molecule has 2 atom stereocenters. The Morgan fingerprint density at radius 3 is 2.79 bits per heavy atom. The number of nitrogen functional groups attached to an aromatic ring is 1. The molecular weight excluding hydrogens is 266 g/mol. The van der Waals surface area contributed by atoms with Crippen LogP contribution in [0.2, 0.25) is 0 Å². The van der Waals surface area contributed by atoms with Crippen molar-refractivity contribution in [3.8, 4) is 0 Å². The zero-order valence-electron chi connectivity index (χ0n) is 10.4. The van der Waals surface area contributed by atoms with Crippen molar-refractivity contribution in [2.75, 3.05) is 30.3 Å². The van der Waals surface area contributed by atoms with Crippen LogP contribution in [0.3, 0.4) is 0 Å². The van der Waals surface area contributed by atoms with Crippen LogP contribution in [0, 0.1) is 0 Å². The number of carbonyl (C=O) groups excluding carboxylic acids is 1. The Morgan fingerprint density at radius 1 is 1.58 bits per heavy atom. The molecule has 5 N–H and O–H groups in total. The first-order chi connectivity index (χ1) is 9.02. The number of anilines is 2. The quantitative estimate of drug-likeness (QED) is 0.573. The van der Waals surface area contributed by atoms with Crippen molar-refractivity contribution in [3.63, 3.8) is 0 Å². The van der Waals surface area contributed by atoms with E-state index in [9.17, 15) is 15.0 Å². The third-order valence-corrected chi connectivity index (χ3v) is 4.14. The highest BCUT2D eigenvalue weighted by Crippen LogP contribution is 2.34. The number of aliphatic hydroxyl groups is 2. The zero-order chi connectivity index (χ0) is 14.0. The van der Waals surface area contributed by atoms with E-state index in [1.54, 1.807) is 12.1 Å². The summed E-state index contributed by atoms with van der Waals surface area (Å²) in [4.78, 5) is 14.1. The van der Waals surface area contributed by atoms with E-state index in [1.165, 1.54) is 11.3 Å². The molecule has 7 heteroatoms. The molecular formula is C12H17N3O3S. The molecule has 0 aliphatic carbocycles. The Morgan fingerprint density at radius 2 is 2.21 bits per heavy atom. The van der Waals surface area contributed by atoms with Gasteiger partial charge in [0.1, 0.15) is 4.88 Å². The van der Waals surface area contributed by atoms with Gasteiger partial charge in [0.2, 0.25) is 0 Å². The maximum Gasteiger partial charge on any atom is 0.263 e. The van der Waals surface area contributed by atoms with E-state index in [-0.39, 0.29) is 5.91 Å². The fourth-order valence-corrected chi connectivity index (χ4v) is 2.93. The van der Waals surface area contributed by atoms with Crippen LogP contribution < -0.4 is 16.0 Å². The minimum absolute atomic E-state index is 0.242. The number of aliphatic hydroxyl groups excluding tert-OH is 2. The molecule has 1 aliphatic heterocycles. The first kappa shape index (κ1) is 13.9. The Hall–Kier alpha value is -1.57. The molecule has 0 aromatic carbocycles. The average Bonchev–Trinajstić information content (AvgIpc) is 2.91. The number of nitrogens with one attached hydrogen (secondary N) is 1. The van der Waals surface area contributed by atoms with E-state index in [0.717, 1.165) is 5.00 Å². The molecule has 0 saturated carbocycles. The predicted molar refractivity (Wildman–Crippen MR) is 75.5 cm³/mol. The number of rotatable bonds is 4. The van der Waals surface area contributed by atoms with E-state index in [4.69, 9.17) is 5.73 Å². The molecule has 1 fully saturated rings. The highest BCUT2D eigenvalue weighted by Gasteiger charge is 2.31. The van der Waals surface area contributed by atoms with Crippen LogP contribution in [-0.2, 0) is 0 Å². The second-order valence-corrected chi connectivity index (χ2v) is 5.44. The molecule has 1 aliphatic rings. The van der Waals surface area contributed by atoms with Gasteiger partial charge in [-0.3, -0.25) is 4.79 Å². The van der Waals surface area contributed by atoms with Crippen molar-refractivity contribution < 1.29 is 15.0 Å². The van der Waals surface area contributed by atoms with Crippen molar-refractivity contribution in [1.82, 2.24) is 5.32 Å². The third kappa shape index (κ3) is 2.89. The lowest BCUT2D eigenvalue weighted by Gasteiger charge is -2.14. The lowest BCUT2D eigenvalue weighted by molar-refractivity contribution is 0.0572. The third-order valence-electron chi connectivity index (χ3n) is 2.93. The summed E-state index contributed by atoms with van der Waals surface area (Å²) in [5.74, 6) is -0.242. The number of hydrogen-bond acceptors (Lipinski definition) is 6. The Bertz CT molecular complexity index is 479. The zero-order valence-corrected chi connectivity index (χ0v) is 11.2. The highest BCUT2D eigenvalue weighted by atomic mass is 32.1. The van der Waals surface area contributed by atoms with Crippen LogP contribution in [0.4, 0.5) is 10.7 Å². The van der Waals surface area contributed by atoms with Crippen molar-refractivity contribution in [3.05, 3.63) is 23.6 Å². The molecule has 6 nitrogen and oxygen atoms in total. The number of hydrogen-bond donors (Lipinski definition) is 4. The maximum absolute atomic E-state index is 11.8. The van der Waals surface area contributed by atoms with Gasteiger partial charge in [0.05, 0.1) is 22.9 Å². The van der Waals surface area contributed by atoms with Gasteiger partial charge in [0.15, 0.2) is 0 Å². The largest absolute Gasteiger partial charge is 0.397 e. The molecule has 2 heterocycles. The van der Waals surface area contributed by atoms with Gasteiger partial charge in [-0.05, 0) is 6.07 Å². The average molecular weight is 283 g/mol. The van der Waals surface area contributed by atoms with Gasteiger partial charge >= 0.3 is 0 Å². The topological polar surface area (TPSA) is 98.8 Å². The molecule has 0 bridgehead atoms. The molecule has 2 unspecified atom stereocenters. The fourth-order valence-electron chi connectivity index (χ4n) is 1.92. The number of amides is 1. The van der Waals surface area contributed by atoms with Gasteiger partial charge < -0.3 is 26.2 Å². The van der Waals surface area contributed by atoms with Gasteiger partial charge in [-0.25, -0.2) is 0 Å². The molecule has 104 valence electrons. The van der Waals surface area contributed by atoms with Crippen LogP contribution >= 0.6 is 11.3 Å². The van der Waals surface area contributed by atoms with Gasteiger partial charge in [0, 0.05) is 19.6 Å². The van der Waals surface area contributed by atoms with Crippen molar-refractivity contribution >= 4 is 27.9 Å². The summed E-state index contributed by atoms with van der Waals surface area (Å²) in [5, 5.41) is 22.5. The molecule has 0 spiro atoms. The number of β-amino-alcohol motifs (C(OH)–C–C–N with tert-alkyl or cyclic N) is 2. The van der Waals surface area contributed by atoms with E-state index in [1.807, 2.05) is 4.90 Å². The maximum atomic E-state index is 11.8. The molecule has 19 heavy (non-hydrogen) atoms. The summed E-state index contributed by atoms with van der Waals surface area (Å²) in [5.41, 5.74) is 6.22. The van der Waals surface area contributed by atoms with Gasteiger partial charge in [-0.15, -0.1) is 17.9 Å². The second-order valence-electron chi connectivity index (χ2n) is 4.41. The molecule has 0 radical (unpaired) electrons. The number of thiophene rings is 1. The standard InChI is InChI=1S/C12H17N3O3S/c1-2-3-14-12(18)11-7(13)4-10(19-11)15-5-8(16)9(17)6-15/h2,4,8-9,16-17H,1,3,5-6,13H2,(H,14,18). The lowest BCUT2D eigenvalue weighted by Crippen LogP contribution is -2.23. The fraction of sp³-hybridized carbons (Fsp3) is 0.417. The summed E-state index contributed by atoms with van der Waals surface area (Å²) in [6.45, 7) is 4.59. The summed E-state index contributed by atoms with van der Waals surface area (Å²) < 4.78 is 0. The molecule has 1 aromatic heterocycles. The van der Waals surface area contributed by atoms with Crippen LogP contribution in [0.5, 0.6) is 0 Å². The van der Waals surface area contributed by atoms with E-state index in [2.05, 4.69) is 11.9 Å². The molecule has 1 amide bonds. The van der Waals surface area contributed by atoms with Gasteiger partial charge in [-0.1, -0.05) is 6.08 Å². The van der Waals surface area contributed by atoms with Gasteiger partial charge in [-0.2, -0.15) is 0 Å². The molecule has 1 saturated heterocycles. The molecule has 2 rings (SSSR count). The Kier molecular flexibility index (Phi) is 4.08. The minimum atomic E-state index is -0.763. The lowest BCUT2D eigenvalue weighted by atomic mass is 10.3. The minimum Gasteiger partial charge on any atom is -0.397 e.